The van der Waals surface area contributed by atoms with Crippen LogP contribution in [0.2, 0.25) is 0 Å². The lowest BCUT2D eigenvalue weighted by Gasteiger charge is -2.19. The van der Waals surface area contributed by atoms with E-state index >= 15 is 0 Å². The number of methoxy groups -OCH3 is 1. The Balaban J connectivity index is 2.03. The summed E-state index contributed by atoms with van der Waals surface area (Å²) in [6.45, 7) is 0. The molecule has 1 aliphatic rings. The summed E-state index contributed by atoms with van der Waals surface area (Å²) in [5.74, 6) is -0.703. The Morgan fingerprint density at radius 3 is 2.76 bits per heavy atom. The van der Waals surface area contributed by atoms with Gasteiger partial charge in [-0.2, -0.15) is 18.2 Å². The Labute approximate surface area is 149 Å². The van der Waals surface area contributed by atoms with E-state index in [9.17, 15) is 18.0 Å². The minimum Gasteiger partial charge on any atom is -0.479 e. The van der Waals surface area contributed by atoms with Gasteiger partial charge in [0.1, 0.15) is 0 Å². The van der Waals surface area contributed by atoms with Crippen LogP contribution < -0.4 is 10.1 Å². The normalized spacial score (nSPS) is 16.4. The van der Waals surface area contributed by atoms with E-state index in [-0.39, 0.29) is 18.2 Å². The average molecular weight is 416 g/mol. The number of carbonyl (C=O) groups excluding carboxylic acids is 1. The van der Waals surface area contributed by atoms with Crippen LogP contribution in [0.15, 0.2) is 22.7 Å². The molecule has 1 heterocycles. The number of halogens is 4. The first kappa shape index (κ1) is 17.7. The molecule has 132 valence electrons. The van der Waals surface area contributed by atoms with Crippen LogP contribution in [0, 0.1) is 0 Å². The van der Waals surface area contributed by atoms with E-state index < -0.39 is 23.4 Å². The van der Waals surface area contributed by atoms with Crippen molar-refractivity contribution in [2.24, 2.45) is 0 Å². The number of nitrogens with zero attached hydrogens (tertiary/aromatic N) is 2. The van der Waals surface area contributed by atoms with E-state index in [4.69, 9.17) is 4.74 Å². The number of hydrogen-bond donors (Lipinski definition) is 1. The number of aldehydes is 1. The van der Waals surface area contributed by atoms with Crippen molar-refractivity contribution in [3.05, 3.63) is 45.2 Å². The van der Waals surface area contributed by atoms with Gasteiger partial charge in [0.05, 0.1) is 13.2 Å². The van der Waals surface area contributed by atoms with Crippen molar-refractivity contribution in [2.75, 3.05) is 12.4 Å². The second-order valence-corrected chi connectivity index (χ2v) is 6.33. The second kappa shape index (κ2) is 6.62. The number of aromatic nitrogens is 2. The Bertz CT molecular complexity index is 827. The van der Waals surface area contributed by atoms with Gasteiger partial charge in [-0.05, 0) is 30.0 Å². The lowest BCUT2D eigenvalue weighted by Crippen LogP contribution is -2.19. The summed E-state index contributed by atoms with van der Waals surface area (Å²) in [4.78, 5) is 18.2. The Hall–Kier alpha value is -2.16. The van der Waals surface area contributed by atoms with Gasteiger partial charge >= 0.3 is 6.18 Å². The molecule has 9 heteroatoms. The smallest absolute Gasteiger partial charge is 0.437 e. The Morgan fingerprint density at radius 1 is 1.36 bits per heavy atom. The molecule has 1 aliphatic carbocycles. The lowest BCUT2D eigenvalue weighted by atomic mass is 10.1. The highest BCUT2D eigenvalue weighted by atomic mass is 79.9. The first-order valence-corrected chi connectivity index (χ1v) is 8.16. The number of carbonyl (C=O) groups is 1. The molecule has 1 N–H and O–H groups in total. The number of ether oxygens (including phenoxy) is 1. The molecule has 0 fully saturated rings. The van der Waals surface area contributed by atoms with Gasteiger partial charge < -0.3 is 10.1 Å². The van der Waals surface area contributed by atoms with Crippen molar-refractivity contribution in [1.29, 1.82) is 0 Å². The van der Waals surface area contributed by atoms with E-state index in [1.165, 1.54) is 7.11 Å². The number of benzene rings is 1. The van der Waals surface area contributed by atoms with E-state index in [0.717, 1.165) is 22.0 Å². The highest BCUT2D eigenvalue weighted by Gasteiger charge is 2.39. The van der Waals surface area contributed by atoms with Gasteiger partial charge in [0.2, 0.25) is 5.88 Å². The highest BCUT2D eigenvalue weighted by molar-refractivity contribution is 9.10. The van der Waals surface area contributed by atoms with Crippen molar-refractivity contribution in [1.82, 2.24) is 9.97 Å². The monoisotopic (exact) mass is 415 g/mol. The van der Waals surface area contributed by atoms with Crippen LogP contribution in [-0.2, 0) is 12.6 Å². The van der Waals surface area contributed by atoms with Crippen LogP contribution in [0.25, 0.3) is 0 Å². The topological polar surface area (TPSA) is 64.1 Å². The van der Waals surface area contributed by atoms with Crippen LogP contribution in [0.3, 0.4) is 0 Å². The third kappa shape index (κ3) is 3.33. The molecule has 25 heavy (non-hydrogen) atoms. The summed E-state index contributed by atoms with van der Waals surface area (Å²) in [5, 5.41) is 2.82. The van der Waals surface area contributed by atoms with Crippen molar-refractivity contribution >= 4 is 28.0 Å². The van der Waals surface area contributed by atoms with E-state index in [2.05, 4.69) is 31.2 Å². The standard InChI is InChI=1S/C16H13BrF3N3O2/c1-25-15-12(7-24)21-13(16(18,19)20)14(23-15)22-11-6-5-8-9(11)3-2-4-10(8)17/h2-4,7,11H,5-6H2,1H3,(H,22,23)/t11-/m0/s1. The molecule has 0 aliphatic heterocycles. The molecule has 0 radical (unpaired) electrons. The van der Waals surface area contributed by atoms with Crippen molar-refractivity contribution in [3.8, 4) is 5.88 Å². The number of fused-ring (bicyclic) bond motifs is 1. The quantitative estimate of drug-likeness (QED) is 0.758. The molecule has 3 rings (SSSR count). The fraction of sp³-hybridized carbons (Fsp3) is 0.312. The fourth-order valence-electron chi connectivity index (χ4n) is 2.88. The van der Waals surface area contributed by atoms with Gasteiger partial charge in [0, 0.05) is 4.47 Å². The Kier molecular flexibility index (Phi) is 4.68. The minimum atomic E-state index is -4.75. The summed E-state index contributed by atoms with van der Waals surface area (Å²) in [7, 11) is 1.22. The molecule has 5 nitrogen and oxygen atoms in total. The maximum atomic E-state index is 13.3. The van der Waals surface area contributed by atoms with Gasteiger partial charge in [-0.25, -0.2) is 4.98 Å². The molecule has 1 atom stereocenters. The maximum absolute atomic E-state index is 13.3. The van der Waals surface area contributed by atoms with Crippen LogP contribution in [0.1, 0.15) is 39.8 Å². The van der Waals surface area contributed by atoms with Crippen LogP contribution in [-0.4, -0.2) is 23.4 Å². The van der Waals surface area contributed by atoms with Crippen molar-refractivity contribution < 1.29 is 22.7 Å². The van der Waals surface area contributed by atoms with Crippen LogP contribution >= 0.6 is 15.9 Å². The lowest BCUT2D eigenvalue weighted by molar-refractivity contribution is -0.140. The summed E-state index contributed by atoms with van der Waals surface area (Å²) in [6, 6.07) is 5.25. The third-order valence-electron chi connectivity index (χ3n) is 3.99. The zero-order valence-electron chi connectivity index (χ0n) is 13.0. The van der Waals surface area contributed by atoms with Crippen molar-refractivity contribution in [3.63, 3.8) is 0 Å². The highest BCUT2D eigenvalue weighted by Crippen LogP contribution is 2.40. The van der Waals surface area contributed by atoms with Gasteiger partial charge in [-0.15, -0.1) is 0 Å². The SMILES string of the molecule is COc1nc(N[C@H]2CCc3c(Br)cccc32)c(C(F)(F)F)nc1C=O. The van der Waals surface area contributed by atoms with Crippen molar-refractivity contribution in [2.45, 2.75) is 25.1 Å². The summed E-state index contributed by atoms with van der Waals surface area (Å²) >= 11 is 3.45. The van der Waals surface area contributed by atoms with E-state index in [1.54, 1.807) is 0 Å². The van der Waals surface area contributed by atoms with Crippen LogP contribution in [0.4, 0.5) is 19.0 Å². The van der Waals surface area contributed by atoms with E-state index in [1.807, 2.05) is 18.2 Å². The van der Waals surface area contributed by atoms with Gasteiger partial charge in [0.15, 0.2) is 23.5 Å². The molecule has 1 aromatic carbocycles. The number of alkyl halides is 3. The largest absolute Gasteiger partial charge is 0.479 e. The Morgan fingerprint density at radius 2 is 2.12 bits per heavy atom. The molecule has 0 spiro atoms. The fourth-order valence-corrected chi connectivity index (χ4v) is 3.46. The van der Waals surface area contributed by atoms with Crippen LogP contribution in [0.5, 0.6) is 5.88 Å². The molecule has 2 aromatic rings. The van der Waals surface area contributed by atoms with Gasteiger partial charge in [-0.1, -0.05) is 28.1 Å². The first-order valence-electron chi connectivity index (χ1n) is 7.37. The van der Waals surface area contributed by atoms with Gasteiger partial charge in [0.25, 0.3) is 0 Å². The number of rotatable bonds is 4. The van der Waals surface area contributed by atoms with E-state index in [0.29, 0.717) is 6.42 Å². The number of anilines is 1. The zero-order valence-corrected chi connectivity index (χ0v) is 14.6. The maximum Gasteiger partial charge on any atom is 0.437 e. The molecule has 0 unspecified atom stereocenters. The predicted octanol–water partition coefficient (Wildman–Crippen LogP) is 4.18. The van der Waals surface area contributed by atoms with Gasteiger partial charge in [-0.3, -0.25) is 4.79 Å². The molecule has 0 saturated carbocycles. The summed E-state index contributed by atoms with van der Waals surface area (Å²) in [5.41, 5.74) is 0.231. The minimum absolute atomic E-state index is 0.187. The molecule has 0 saturated heterocycles. The molecule has 0 amide bonds. The summed E-state index contributed by atoms with van der Waals surface area (Å²) < 4.78 is 45.8. The molecular weight excluding hydrogens is 403 g/mol. The number of nitrogens with one attached hydrogen (secondary N) is 1. The second-order valence-electron chi connectivity index (χ2n) is 5.47. The molecule has 1 aromatic heterocycles. The third-order valence-corrected chi connectivity index (χ3v) is 4.73. The zero-order chi connectivity index (χ0) is 18.2. The molecular formula is C16H13BrF3N3O2. The molecule has 0 bridgehead atoms. The first-order chi connectivity index (χ1) is 11.8. The number of hydrogen-bond acceptors (Lipinski definition) is 5. The summed E-state index contributed by atoms with van der Waals surface area (Å²) in [6.07, 6.45) is -3.22. The average Bonchev–Trinajstić information content (AvgIpc) is 2.98. The predicted molar refractivity (Wildman–Crippen MR) is 87.8 cm³/mol.